The van der Waals surface area contributed by atoms with Gasteiger partial charge in [0.25, 0.3) is 5.56 Å². The largest absolute Gasteiger partial charge is 0.466 e. The van der Waals surface area contributed by atoms with Crippen LogP contribution >= 0.6 is 0 Å². The molecule has 2 rings (SSSR count). The molecule has 2 heterocycles. The van der Waals surface area contributed by atoms with E-state index in [1.54, 1.807) is 20.2 Å². The number of anilines is 1. The van der Waals surface area contributed by atoms with Gasteiger partial charge < -0.3 is 14.3 Å². The van der Waals surface area contributed by atoms with Crippen LogP contribution in [0.3, 0.4) is 0 Å². The molecule has 0 fully saturated rings. The Balaban J connectivity index is 1.98. The Morgan fingerprint density at radius 1 is 1.35 bits per heavy atom. The molecule has 2 aromatic rings. The number of pyridine rings is 1. The van der Waals surface area contributed by atoms with Crippen molar-refractivity contribution < 1.29 is 9.21 Å². The summed E-state index contributed by atoms with van der Waals surface area (Å²) in [6.07, 6.45) is 2.53. The van der Waals surface area contributed by atoms with Crippen molar-refractivity contribution in [3.8, 4) is 0 Å². The Labute approximate surface area is 117 Å². The van der Waals surface area contributed by atoms with Gasteiger partial charge in [-0.25, -0.2) is 0 Å². The van der Waals surface area contributed by atoms with Gasteiger partial charge in [0.15, 0.2) is 0 Å². The normalized spacial score (nSPS) is 10.6. The molecule has 2 aromatic heterocycles. The highest BCUT2D eigenvalue weighted by atomic mass is 16.3. The molecule has 0 aliphatic rings. The van der Waals surface area contributed by atoms with Crippen molar-refractivity contribution in [3.63, 3.8) is 0 Å². The van der Waals surface area contributed by atoms with E-state index < -0.39 is 0 Å². The number of amides is 1. The summed E-state index contributed by atoms with van der Waals surface area (Å²) in [5, 5.41) is 2.81. The molecule has 0 spiro atoms. The predicted molar refractivity (Wildman–Crippen MR) is 76.8 cm³/mol. The number of carbonyl (C=O) groups is 1. The second-order valence-electron chi connectivity index (χ2n) is 4.88. The molecule has 1 amide bonds. The molecule has 0 saturated heterocycles. The Bertz CT molecular complexity index is 683. The molecule has 0 atom stereocenters. The summed E-state index contributed by atoms with van der Waals surface area (Å²) in [5.41, 5.74) is 1.33. The predicted octanol–water partition coefficient (Wildman–Crippen LogP) is 2.17. The van der Waals surface area contributed by atoms with Crippen molar-refractivity contribution >= 4 is 11.6 Å². The average Bonchev–Trinajstić information content (AvgIpc) is 2.79. The quantitative estimate of drug-likeness (QED) is 0.929. The smallest absolute Gasteiger partial charge is 0.250 e. The van der Waals surface area contributed by atoms with Crippen molar-refractivity contribution in [2.75, 3.05) is 5.32 Å². The lowest BCUT2D eigenvalue weighted by Crippen LogP contribution is -2.19. The zero-order chi connectivity index (χ0) is 14.7. The van der Waals surface area contributed by atoms with Crippen LogP contribution in [0.5, 0.6) is 0 Å². The highest BCUT2D eigenvalue weighted by molar-refractivity contribution is 5.91. The third-order valence-electron chi connectivity index (χ3n) is 3.10. The summed E-state index contributed by atoms with van der Waals surface area (Å²) in [6.45, 7) is 3.67. The summed E-state index contributed by atoms with van der Waals surface area (Å²) in [4.78, 5) is 23.3. The van der Waals surface area contributed by atoms with Gasteiger partial charge >= 0.3 is 0 Å². The molecule has 5 nitrogen and oxygen atoms in total. The van der Waals surface area contributed by atoms with Gasteiger partial charge in [-0.3, -0.25) is 9.59 Å². The topological polar surface area (TPSA) is 64.2 Å². The molecular weight excluding hydrogens is 256 g/mol. The number of hydrogen-bond acceptors (Lipinski definition) is 3. The maximum Gasteiger partial charge on any atom is 0.250 e. The summed E-state index contributed by atoms with van der Waals surface area (Å²) >= 11 is 0. The molecule has 1 N–H and O–H groups in total. The molecule has 0 radical (unpaired) electrons. The van der Waals surface area contributed by atoms with Crippen molar-refractivity contribution in [1.82, 2.24) is 4.57 Å². The van der Waals surface area contributed by atoms with E-state index in [-0.39, 0.29) is 11.5 Å². The molecule has 0 bridgehead atoms. The minimum absolute atomic E-state index is 0.0911. The number of hydrogen-bond donors (Lipinski definition) is 1. The van der Waals surface area contributed by atoms with Crippen LogP contribution in [0.15, 0.2) is 33.6 Å². The van der Waals surface area contributed by atoms with Crippen molar-refractivity contribution in [1.29, 1.82) is 0 Å². The third-order valence-corrected chi connectivity index (χ3v) is 3.10. The minimum atomic E-state index is -0.0965. The van der Waals surface area contributed by atoms with E-state index in [0.29, 0.717) is 18.5 Å². The zero-order valence-electron chi connectivity index (χ0n) is 11.9. The Kier molecular flexibility index (Phi) is 4.08. The fourth-order valence-electron chi connectivity index (χ4n) is 1.92. The Morgan fingerprint density at radius 3 is 2.75 bits per heavy atom. The van der Waals surface area contributed by atoms with Crippen molar-refractivity contribution in [2.24, 2.45) is 7.05 Å². The molecule has 0 saturated carbocycles. The van der Waals surface area contributed by atoms with Gasteiger partial charge in [0.2, 0.25) is 5.91 Å². The molecule has 0 aliphatic carbocycles. The maximum atomic E-state index is 11.9. The van der Waals surface area contributed by atoms with E-state index in [2.05, 4.69) is 5.32 Å². The van der Waals surface area contributed by atoms with Crippen LogP contribution in [0.25, 0.3) is 0 Å². The summed E-state index contributed by atoms with van der Waals surface area (Å²) < 4.78 is 6.86. The van der Waals surface area contributed by atoms with Crippen LogP contribution in [0, 0.1) is 13.8 Å². The Hall–Kier alpha value is -2.30. The third kappa shape index (κ3) is 3.38. The first kappa shape index (κ1) is 14.1. The van der Waals surface area contributed by atoms with E-state index >= 15 is 0 Å². The maximum absolute atomic E-state index is 11.9. The van der Waals surface area contributed by atoms with Gasteiger partial charge in [0.05, 0.1) is 5.69 Å². The summed E-state index contributed by atoms with van der Waals surface area (Å²) in [5.74, 6) is 1.55. The van der Waals surface area contributed by atoms with E-state index in [0.717, 1.165) is 17.1 Å². The van der Waals surface area contributed by atoms with E-state index in [1.165, 1.54) is 10.6 Å². The zero-order valence-corrected chi connectivity index (χ0v) is 11.9. The fourth-order valence-corrected chi connectivity index (χ4v) is 1.92. The van der Waals surface area contributed by atoms with Gasteiger partial charge in [-0.1, -0.05) is 0 Å². The molecule has 106 valence electrons. The number of nitrogens with zero attached hydrogens (tertiary/aromatic N) is 1. The molecule has 5 heteroatoms. The van der Waals surface area contributed by atoms with Crippen LogP contribution in [0.1, 0.15) is 23.5 Å². The molecule has 20 heavy (non-hydrogen) atoms. The number of aromatic nitrogens is 1. The van der Waals surface area contributed by atoms with Crippen LogP contribution in [0.4, 0.5) is 5.69 Å². The van der Waals surface area contributed by atoms with Crippen LogP contribution in [-0.2, 0) is 18.3 Å². The van der Waals surface area contributed by atoms with Crippen LogP contribution < -0.4 is 10.9 Å². The van der Waals surface area contributed by atoms with Crippen molar-refractivity contribution in [2.45, 2.75) is 26.7 Å². The molecule has 0 aliphatic heterocycles. The number of nitrogens with one attached hydrogen (secondary N) is 1. The monoisotopic (exact) mass is 274 g/mol. The van der Waals surface area contributed by atoms with Gasteiger partial charge in [-0.05, 0) is 31.5 Å². The molecule has 0 aromatic carbocycles. The van der Waals surface area contributed by atoms with Gasteiger partial charge in [0.1, 0.15) is 11.5 Å². The number of carbonyl (C=O) groups excluding carboxylic acids is 1. The first-order valence-corrected chi connectivity index (χ1v) is 6.48. The first-order chi connectivity index (χ1) is 9.45. The van der Waals surface area contributed by atoms with Gasteiger partial charge in [-0.15, -0.1) is 0 Å². The van der Waals surface area contributed by atoms with Gasteiger partial charge in [-0.2, -0.15) is 0 Å². The van der Waals surface area contributed by atoms with E-state index in [9.17, 15) is 9.59 Å². The van der Waals surface area contributed by atoms with Crippen molar-refractivity contribution in [3.05, 3.63) is 51.8 Å². The van der Waals surface area contributed by atoms with E-state index in [1.807, 2.05) is 19.1 Å². The Morgan fingerprint density at radius 2 is 2.10 bits per heavy atom. The van der Waals surface area contributed by atoms with Crippen LogP contribution in [0.2, 0.25) is 0 Å². The second-order valence-corrected chi connectivity index (χ2v) is 4.88. The molecule has 0 unspecified atom stereocenters. The lowest BCUT2D eigenvalue weighted by molar-refractivity contribution is -0.116. The average molecular weight is 274 g/mol. The number of aryl methyl sites for hydroxylation is 4. The highest BCUT2D eigenvalue weighted by Gasteiger charge is 2.08. The minimum Gasteiger partial charge on any atom is -0.466 e. The fraction of sp³-hybridized carbons (Fsp3) is 0.333. The SMILES string of the molecule is Cc1ccc(CCC(=O)Nc2cn(C)c(=O)cc2C)o1. The standard InChI is InChI=1S/C15H18N2O3/c1-10-8-15(19)17(3)9-13(10)16-14(18)7-6-12-5-4-11(2)20-12/h4-5,8-9H,6-7H2,1-3H3,(H,16,18). The summed E-state index contributed by atoms with van der Waals surface area (Å²) in [6, 6.07) is 5.26. The lowest BCUT2D eigenvalue weighted by atomic mass is 10.2. The molecular formula is C15H18N2O3. The lowest BCUT2D eigenvalue weighted by Gasteiger charge is -2.09. The van der Waals surface area contributed by atoms with Gasteiger partial charge in [0, 0.05) is 32.2 Å². The van der Waals surface area contributed by atoms with Crippen LogP contribution in [-0.4, -0.2) is 10.5 Å². The number of rotatable bonds is 4. The number of furan rings is 1. The first-order valence-electron chi connectivity index (χ1n) is 6.48. The highest BCUT2D eigenvalue weighted by Crippen LogP contribution is 2.13. The second kappa shape index (κ2) is 5.77. The summed E-state index contributed by atoms with van der Waals surface area (Å²) in [7, 11) is 1.66. The van der Waals surface area contributed by atoms with E-state index in [4.69, 9.17) is 4.42 Å².